The molecule has 1 heterocycles. The summed E-state index contributed by atoms with van der Waals surface area (Å²) in [6.45, 7) is 0.0652. The molecule has 134 valence electrons. The second-order valence-corrected chi connectivity index (χ2v) is 6.44. The lowest BCUT2D eigenvalue weighted by Crippen LogP contribution is -2.11. The van der Waals surface area contributed by atoms with E-state index in [-0.39, 0.29) is 23.8 Å². The first-order valence-corrected chi connectivity index (χ1v) is 8.53. The van der Waals surface area contributed by atoms with Crippen LogP contribution in [0.1, 0.15) is 16.3 Å². The smallest absolute Gasteiger partial charge is 0.291 e. The van der Waals surface area contributed by atoms with E-state index in [9.17, 15) is 9.90 Å². The van der Waals surface area contributed by atoms with Crippen LogP contribution >= 0.6 is 34.8 Å². The van der Waals surface area contributed by atoms with Crippen LogP contribution in [0.5, 0.6) is 11.5 Å². The van der Waals surface area contributed by atoms with Crippen LogP contribution in [0.25, 0.3) is 0 Å². The molecule has 0 fully saturated rings. The Bertz CT molecular complexity index is 955. The largest absolute Gasteiger partial charge is 0.506 e. The van der Waals surface area contributed by atoms with Crippen molar-refractivity contribution in [2.45, 2.75) is 6.61 Å². The van der Waals surface area contributed by atoms with Gasteiger partial charge in [0, 0.05) is 5.02 Å². The second-order valence-electron chi connectivity index (χ2n) is 5.22. The van der Waals surface area contributed by atoms with Crippen LogP contribution in [0.3, 0.4) is 0 Å². The average molecular weight is 413 g/mol. The van der Waals surface area contributed by atoms with E-state index in [0.29, 0.717) is 26.6 Å². The molecular weight excluding hydrogens is 401 g/mol. The van der Waals surface area contributed by atoms with Crippen LogP contribution in [0.4, 0.5) is 5.69 Å². The van der Waals surface area contributed by atoms with Crippen molar-refractivity contribution in [3.63, 3.8) is 0 Å². The van der Waals surface area contributed by atoms with Crippen molar-refractivity contribution in [1.29, 1.82) is 0 Å². The summed E-state index contributed by atoms with van der Waals surface area (Å²) in [5.41, 5.74) is 0.183. The van der Waals surface area contributed by atoms with Gasteiger partial charge in [0.05, 0.1) is 10.7 Å². The number of carbonyl (C=O) groups excluding carboxylic acids is 1. The Morgan fingerprint density at radius 2 is 1.92 bits per heavy atom. The number of nitrogens with one attached hydrogen (secondary N) is 1. The first-order chi connectivity index (χ1) is 12.4. The van der Waals surface area contributed by atoms with Crippen LogP contribution in [0.2, 0.25) is 15.1 Å². The van der Waals surface area contributed by atoms with E-state index in [1.54, 1.807) is 24.3 Å². The molecule has 8 heteroatoms. The third-order valence-corrected chi connectivity index (χ3v) is 4.41. The molecule has 0 spiro atoms. The van der Waals surface area contributed by atoms with Crippen molar-refractivity contribution in [2.24, 2.45) is 0 Å². The predicted molar refractivity (Wildman–Crippen MR) is 101 cm³/mol. The Balaban J connectivity index is 1.66. The number of phenolic OH excluding ortho intramolecular Hbond substituents is 1. The highest BCUT2D eigenvalue weighted by Crippen LogP contribution is 2.32. The molecule has 2 aromatic carbocycles. The van der Waals surface area contributed by atoms with Gasteiger partial charge in [-0.3, -0.25) is 4.79 Å². The van der Waals surface area contributed by atoms with E-state index in [4.69, 9.17) is 44.0 Å². The highest BCUT2D eigenvalue weighted by atomic mass is 35.5. The summed E-state index contributed by atoms with van der Waals surface area (Å²) < 4.78 is 11.0. The highest BCUT2D eigenvalue weighted by Gasteiger charge is 2.14. The minimum absolute atomic E-state index is 0.0557. The summed E-state index contributed by atoms with van der Waals surface area (Å²) in [7, 11) is 0. The maximum atomic E-state index is 12.2. The summed E-state index contributed by atoms with van der Waals surface area (Å²) in [4.78, 5) is 12.2. The summed E-state index contributed by atoms with van der Waals surface area (Å²) in [6.07, 6.45) is 0. The summed E-state index contributed by atoms with van der Waals surface area (Å²) in [5, 5.41) is 13.3. The van der Waals surface area contributed by atoms with Crippen LogP contribution in [-0.4, -0.2) is 11.0 Å². The zero-order chi connectivity index (χ0) is 18.7. The lowest BCUT2D eigenvalue weighted by atomic mass is 10.3. The predicted octanol–water partition coefficient (Wildman–Crippen LogP) is 5.78. The molecule has 0 aliphatic heterocycles. The molecule has 0 aliphatic carbocycles. The number of ether oxygens (including phenoxy) is 1. The molecule has 0 radical (unpaired) electrons. The van der Waals surface area contributed by atoms with Gasteiger partial charge in [-0.1, -0.05) is 40.9 Å². The first-order valence-electron chi connectivity index (χ1n) is 7.39. The van der Waals surface area contributed by atoms with E-state index >= 15 is 0 Å². The molecule has 0 aliphatic rings. The van der Waals surface area contributed by atoms with Gasteiger partial charge in [-0.25, -0.2) is 0 Å². The Hall–Kier alpha value is -2.34. The van der Waals surface area contributed by atoms with Crippen LogP contribution in [0, 0.1) is 0 Å². The summed E-state index contributed by atoms with van der Waals surface area (Å²) >= 11 is 17.8. The lowest BCUT2D eigenvalue weighted by Gasteiger charge is -2.07. The van der Waals surface area contributed by atoms with E-state index in [0.717, 1.165) is 0 Å². The number of aromatic hydroxyl groups is 1. The van der Waals surface area contributed by atoms with Crippen molar-refractivity contribution in [2.75, 3.05) is 5.32 Å². The number of furan rings is 1. The van der Waals surface area contributed by atoms with Gasteiger partial charge >= 0.3 is 0 Å². The zero-order valence-corrected chi connectivity index (χ0v) is 15.4. The number of phenols is 1. The number of amides is 1. The number of anilines is 1. The molecule has 0 saturated carbocycles. The van der Waals surface area contributed by atoms with Crippen molar-refractivity contribution in [1.82, 2.24) is 0 Å². The number of hydrogen-bond donors (Lipinski definition) is 2. The number of carbonyl (C=O) groups is 1. The Kier molecular flexibility index (Phi) is 5.61. The molecule has 3 aromatic rings. The maximum absolute atomic E-state index is 12.2. The van der Waals surface area contributed by atoms with Gasteiger partial charge in [0.2, 0.25) is 0 Å². The number of benzene rings is 2. The van der Waals surface area contributed by atoms with Crippen molar-refractivity contribution in [3.05, 3.63) is 75.1 Å². The van der Waals surface area contributed by atoms with E-state index in [1.807, 2.05) is 0 Å². The maximum Gasteiger partial charge on any atom is 0.291 e. The van der Waals surface area contributed by atoms with Gasteiger partial charge in [-0.2, -0.15) is 0 Å². The molecule has 2 N–H and O–H groups in total. The molecular formula is C18H12Cl3NO4. The van der Waals surface area contributed by atoms with E-state index < -0.39 is 5.91 Å². The monoisotopic (exact) mass is 411 g/mol. The molecule has 1 aromatic heterocycles. The third-order valence-electron chi connectivity index (χ3n) is 3.38. The molecule has 0 saturated heterocycles. The molecule has 0 atom stereocenters. The Labute approximate surface area is 164 Å². The van der Waals surface area contributed by atoms with Crippen molar-refractivity contribution in [3.8, 4) is 11.5 Å². The fourth-order valence-electron chi connectivity index (χ4n) is 2.11. The molecule has 0 unspecified atom stereocenters. The van der Waals surface area contributed by atoms with Gasteiger partial charge in [0.25, 0.3) is 5.91 Å². The van der Waals surface area contributed by atoms with Crippen LogP contribution in [-0.2, 0) is 6.61 Å². The minimum Gasteiger partial charge on any atom is -0.506 e. The van der Waals surface area contributed by atoms with Gasteiger partial charge in [0.1, 0.15) is 28.9 Å². The molecule has 0 bridgehead atoms. The van der Waals surface area contributed by atoms with Crippen molar-refractivity contribution < 1.29 is 19.1 Å². The number of hydrogen-bond acceptors (Lipinski definition) is 4. The van der Waals surface area contributed by atoms with E-state index in [2.05, 4.69) is 5.32 Å². The fraction of sp³-hybridized carbons (Fsp3) is 0.0556. The highest BCUT2D eigenvalue weighted by molar-refractivity contribution is 6.42. The number of halogens is 3. The Morgan fingerprint density at radius 3 is 2.73 bits per heavy atom. The van der Waals surface area contributed by atoms with Gasteiger partial charge < -0.3 is 19.6 Å². The molecule has 5 nitrogen and oxygen atoms in total. The molecule has 3 rings (SSSR count). The first kappa shape index (κ1) is 18.5. The molecule has 1 amide bonds. The summed E-state index contributed by atoms with van der Waals surface area (Å²) in [5.74, 6) is 0.246. The quantitative estimate of drug-likeness (QED) is 0.521. The van der Waals surface area contributed by atoms with E-state index in [1.165, 1.54) is 24.3 Å². The minimum atomic E-state index is -0.533. The molecule has 26 heavy (non-hydrogen) atoms. The topological polar surface area (TPSA) is 71.7 Å². The SMILES string of the molecule is O=C(Nc1cc(Cl)ccc1O)c1ccc(COc2cccc(Cl)c2Cl)o1. The normalized spacial score (nSPS) is 10.6. The van der Waals surface area contributed by atoms with Gasteiger partial charge in [-0.05, 0) is 42.5 Å². The second kappa shape index (κ2) is 7.91. The lowest BCUT2D eigenvalue weighted by molar-refractivity contribution is 0.0992. The van der Waals surface area contributed by atoms with Gasteiger partial charge in [-0.15, -0.1) is 0 Å². The standard InChI is InChI=1S/C18H12Cl3NO4/c19-10-4-6-14(23)13(8-10)22-18(24)16-7-5-11(26-16)9-25-15-3-1-2-12(20)17(15)21/h1-8,23H,9H2,(H,22,24). The van der Waals surface area contributed by atoms with Crippen LogP contribution < -0.4 is 10.1 Å². The summed E-state index contributed by atoms with van der Waals surface area (Å²) in [6, 6.07) is 12.5. The van der Waals surface area contributed by atoms with Crippen LogP contribution in [0.15, 0.2) is 52.9 Å². The van der Waals surface area contributed by atoms with Crippen molar-refractivity contribution >= 4 is 46.4 Å². The number of rotatable bonds is 5. The average Bonchev–Trinajstić information content (AvgIpc) is 3.08. The Morgan fingerprint density at radius 1 is 1.12 bits per heavy atom. The van der Waals surface area contributed by atoms with Gasteiger partial charge in [0.15, 0.2) is 5.76 Å². The zero-order valence-electron chi connectivity index (χ0n) is 13.1. The third kappa shape index (κ3) is 4.25. The fourth-order valence-corrected chi connectivity index (χ4v) is 2.63.